The lowest BCUT2D eigenvalue weighted by Crippen LogP contribution is -2.30. The molecular weight excluding hydrogens is 637 g/mol. The minimum absolute atomic E-state index is 0.0825. The standard InChI is InChI=1S/C21H24F2N4O.C5H9F.C5H14N2.C3H8.2C2H6.C2H4/c1-3-21(28)26-10-11-27(15-24-2)20-7-5-4-6-17(20)14-25-13-16-8-9-18(22)12-19(16)23;1-3-5(2)4-6;1-3-5(2)7-4-6;1-3-2;3*1-2/h4-12,15,25H,3,13-14H2,1-2H3,(H,26,28);4H,3H2,1-2H3;5,7H,3-4,6H2,1-2H3;3H2,1-2H3;2*1-2H3;1-2H2/b11-10+,24-15?;5-4+;;;;;. The molecule has 2 rings (SSSR count). The van der Waals surface area contributed by atoms with E-state index < -0.39 is 11.6 Å². The molecule has 1 atom stereocenters. The van der Waals surface area contributed by atoms with Gasteiger partial charge in [-0.05, 0) is 50.0 Å². The van der Waals surface area contributed by atoms with Crippen LogP contribution in [0, 0.1) is 11.6 Å². The van der Waals surface area contributed by atoms with Crippen molar-refractivity contribution < 1.29 is 18.0 Å². The predicted octanol–water partition coefficient (Wildman–Crippen LogP) is 10.5. The lowest BCUT2D eigenvalue weighted by molar-refractivity contribution is -0.119. The number of carbonyl (C=O) groups is 1. The largest absolute Gasteiger partial charge is 0.331 e. The van der Waals surface area contributed by atoms with Gasteiger partial charge in [0.25, 0.3) is 0 Å². The van der Waals surface area contributed by atoms with Gasteiger partial charge in [-0.3, -0.25) is 9.79 Å². The van der Waals surface area contributed by atoms with Crippen molar-refractivity contribution in [1.82, 2.24) is 16.0 Å². The van der Waals surface area contributed by atoms with Crippen molar-refractivity contribution in [2.45, 2.75) is 121 Å². The average molecular weight is 709 g/mol. The van der Waals surface area contributed by atoms with E-state index in [9.17, 15) is 18.0 Å². The van der Waals surface area contributed by atoms with Crippen molar-refractivity contribution in [3.05, 3.63) is 103 Å². The van der Waals surface area contributed by atoms with Gasteiger partial charge in [-0.1, -0.05) is 93.0 Å². The van der Waals surface area contributed by atoms with Crippen LogP contribution < -0.4 is 26.6 Å². The maximum absolute atomic E-state index is 13.8. The molecule has 288 valence electrons. The summed E-state index contributed by atoms with van der Waals surface area (Å²) in [6, 6.07) is 11.8. The maximum Gasteiger partial charge on any atom is 0.223 e. The summed E-state index contributed by atoms with van der Waals surface area (Å²) in [7, 11) is 1.66. The molecule has 0 heterocycles. The van der Waals surface area contributed by atoms with E-state index in [0.29, 0.717) is 37.6 Å². The number of nitrogens with two attached hydrogens (primary N) is 1. The minimum Gasteiger partial charge on any atom is -0.331 e. The fourth-order valence-corrected chi connectivity index (χ4v) is 2.95. The molecule has 1 unspecified atom stereocenters. The summed E-state index contributed by atoms with van der Waals surface area (Å²) in [6.45, 7) is 29.3. The van der Waals surface area contributed by atoms with Crippen LogP contribution in [-0.2, 0) is 17.9 Å². The number of carbonyl (C=O) groups excluding carboxylic acids is 1. The third-order valence-electron chi connectivity index (χ3n) is 5.78. The second-order valence-corrected chi connectivity index (χ2v) is 9.72. The Morgan fingerprint density at radius 3 is 1.94 bits per heavy atom. The van der Waals surface area contributed by atoms with Crippen LogP contribution in [0.3, 0.4) is 0 Å². The van der Waals surface area contributed by atoms with Gasteiger partial charge in [0.1, 0.15) is 11.6 Å². The van der Waals surface area contributed by atoms with E-state index in [1.165, 1.54) is 18.6 Å². The molecule has 0 saturated carbocycles. The molecule has 7 nitrogen and oxygen atoms in total. The van der Waals surface area contributed by atoms with Gasteiger partial charge in [-0.15, -0.1) is 13.2 Å². The van der Waals surface area contributed by atoms with Gasteiger partial charge in [-0.25, -0.2) is 13.2 Å². The number of benzene rings is 2. The van der Waals surface area contributed by atoms with E-state index >= 15 is 0 Å². The van der Waals surface area contributed by atoms with Gasteiger partial charge in [0.15, 0.2) is 0 Å². The molecule has 0 saturated heterocycles. The number of anilines is 1. The van der Waals surface area contributed by atoms with Crippen LogP contribution in [0.1, 0.15) is 113 Å². The third kappa shape index (κ3) is 32.8. The summed E-state index contributed by atoms with van der Waals surface area (Å²) >= 11 is 0. The van der Waals surface area contributed by atoms with Crippen LogP contribution in [0.25, 0.3) is 0 Å². The number of hydrogen-bond acceptors (Lipinski definition) is 5. The first-order valence-electron chi connectivity index (χ1n) is 17.7. The Labute approximate surface area is 304 Å². The van der Waals surface area contributed by atoms with Crippen LogP contribution >= 0.6 is 0 Å². The van der Waals surface area contributed by atoms with E-state index in [-0.39, 0.29) is 12.5 Å². The van der Waals surface area contributed by atoms with Gasteiger partial charge in [0, 0.05) is 63.3 Å². The second kappa shape index (κ2) is 43.3. The molecule has 10 heteroatoms. The van der Waals surface area contributed by atoms with Crippen LogP contribution in [0.5, 0.6) is 0 Å². The van der Waals surface area contributed by atoms with Gasteiger partial charge < -0.3 is 26.6 Å². The molecule has 0 aliphatic heterocycles. The molecule has 5 N–H and O–H groups in total. The topological polar surface area (TPSA) is 94.8 Å². The monoisotopic (exact) mass is 709 g/mol. The average Bonchev–Trinajstić information content (AvgIpc) is 3.15. The van der Waals surface area contributed by atoms with Crippen LogP contribution in [0.15, 0.2) is 84.9 Å². The van der Waals surface area contributed by atoms with E-state index in [1.54, 1.807) is 44.5 Å². The first kappa shape index (κ1) is 55.7. The fraction of sp³-hybridized carbons (Fsp3) is 0.500. The Bertz CT molecular complexity index is 1130. The molecule has 1 amide bonds. The summed E-state index contributed by atoms with van der Waals surface area (Å²) < 4.78 is 38.0. The fourth-order valence-electron chi connectivity index (χ4n) is 2.95. The molecule has 0 spiro atoms. The lowest BCUT2D eigenvalue weighted by atomic mass is 10.1. The molecule has 0 bridgehead atoms. The van der Waals surface area contributed by atoms with Gasteiger partial charge in [-0.2, -0.15) is 0 Å². The summed E-state index contributed by atoms with van der Waals surface area (Å²) in [5, 5.41) is 8.92. The van der Waals surface area contributed by atoms with Crippen molar-refractivity contribution in [3.8, 4) is 0 Å². The van der Waals surface area contributed by atoms with Crippen LogP contribution in [0.4, 0.5) is 18.9 Å². The molecule has 50 heavy (non-hydrogen) atoms. The number of allylic oxidation sites excluding steroid dienone is 1. The number of amides is 1. The van der Waals surface area contributed by atoms with E-state index in [2.05, 4.69) is 61.8 Å². The predicted molar refractivity (Wildman–Crippen MR) is 215 cm³/mol. The third-order valence-corrected chi connectivity index (χ3v) is 5.78. The second-order valence-electron chi connectivity index (χ2n) is 9.72. The zero-order valence-corrected chi connectivity index (χ0v) is 33.3. The van der Waals surface area contributed by atoms with E-state index in [1.807, 2.05) is 58.9 Å². The zero-order valence-electron chi connectivity index (χ0n) is 33.3. The highest BCUT2D eigenvalue weighted by Crippen LogP contribution is 2.20. The Hall–Kier alpha value is -3.73. The molecular formula is C40H71F3N6O. The van der Waals surface area contributed by atoms with Crippen molar-refractivity contribution in [2.75, 3.05) is 18.6 Å². The van der Waals surface area contributed by atoms with Gasteiger partial charge >= 0.3 is 0 Å². The molecule has 0 aliphatic carbocycles. The first-order valence-corrected chi connectivity index (χ1v) is 17.7. The Balaban J connectivity index is -0.000000251. The number of rotatable bonds is 13. The Kier molecular flexibility index (Phi) is 48.2. The Morgan fingerprint density at radius 1 is 0.960 bits per heavy atom. The zero-order chi connectivity index (χ0) is 39.8. The number of nitrogens with one attached hydrogen (secondary N) is 3. The molecule has 2 aromatic carbocycles. The van der Waals surface area contributed by atoms with Crippen molar-refractivity contribution in [2.24, 2.45) is 10.7 Å². The molecule has 2 aromatic rings. The number of halogens is 3. The maximum atomic E-state index is 13.8. The van der Waals surface area contributed by atoms with Gasteiger partial charge in [0.05, 0.1) is 18.4 Å². The van der Waals surface area contributed by atoms with Crippen molar-refractivity contribution in [3.63, 3.8) is 0 Å². The SMILES string of the molecule is C=C.CC.CC.CC/C(C)=C/F.CCC.CCC(=O)N/C=C/N(C=NC)c1ccccc1CNCc1ccc(F)cc1F.CCC(C)NCN. The van der Waals surface area contributed by atoms with E-state index in [0.717, 1.165) is 35.7 Å². The molecule has 0 aromatic heterocycles. The number of aliphatic imine (C=N–C) groups is 1. The summed E-state index contributed by atoms with van der Waals surface area (Å²) in [4.78, 5) is 17.2. The van der Waals surface area contributed by atoms with Crippen molar-refractivity contribution in [1.29, 1.82) is 0 Å². The summed E-state index contributed by atoms with van der Waals surface area (Å²) in [5.41, 5.74) is 8.21. The Morgan fingerprint density at radius 2 is 1.52 bits per heavy atom. The minimum atomic E-state index is -0.594. The molecule has 0 fully saturated rings. The highest BCUT2D eigenvalue weighted by atomic mass is 19.1. The molecule has 0 aliphatic rings. The lowest BCUT2D eigenvalue weighted by Gasteiger charge is -2.19. The quantitative estimate of drug-likeness (QED) is 0.0719. The number of nitrogens with zero attached hydrogens (tertiary/aromatic N) is 2. The van der Waals surface area contributed by atoms with E-state index in [4.69, 9.17) is 5.73 Å². The first-order chi connectivity index (χ1) is 24.1. The summed E-state index contributed by atoms with van der Waals surface area (Å²) in [6.07, 6.45) is 9.15. The molecule has 0 radical (unpaired) electrons. The van der Waals surface area contributed by atoms with Gasteiger partial charge in [0.2, 0.25) is 5.91 Å². The normalized spacial score (nSPS) is 10.4. The van der Waals surface area contributed by atoms with Crippen molar-refractivity contribution >= 4 is 17.9 Å². The number of hydrogen-bond donors (Lipinski definition) is 4. The number of para-hydroxylation sites is 1. The highest BCUT2D eigenvalue weighted by molar-refractivity contribution is 5.83. The highest BCUT2D eigenvalue weighted by Gasteiger charge is 2.08. The van der Waals surface area contributed by atoms with Crippen LogP contribution in [-0.4, -0.2) is 32.0 Å². The summed E-state index contributed by atoms with van der Waals surface area (Å²) in [5.74, 6) is -1.25. The van der Waals surface area contributed by atoms with Crippen LogP contribution in [0.2, 0.25) is 0 Å². The smallest absolute Gasteiger partial charge is 0.223 e.